The Labute approximate surface area is 184 Å². The van der Waals surface area contributed by atoms with E-state index in [4.69, 9.17) is 9.84 Å². The van der Waals surface area contributed by atoms with Crippen molar-refractivity contribution in [2.75, 3.05) is 0 Å². The third-order valence-electron chi connectivity index (χ3n) is 6.26. The molecular formula is C23H24N6O3. The molecule has 0 radical (unpaired) electrons. The average molecular weight is 432 g/mol. The lowest BCUT2D eigenvalue weighted by molar-refractivity contribution is 0.0868. The average Bonchev–Trinajstić information content (AvgIpc) is 3.42. The van der Waals surface area contributed by atoms with Crippen LogP contribution in [0.2, 0.25) is 0 Å². The van der Waals surface area contributed by atoms with Gasteiger partial charge in [-0.15, -0.1) is 0 Å². The molecule has 2 aliphatic rings. The summed E-state index contributed by atoms with van der Waals surface area (Å²) in [6.07, 6.45) is 10.1. The molecule has 1 aromatic carbocycles. The lowest BCUT2D eigenvalue weighted by Crippen LogP contribution is -2.38. The highest BCUT2D eigenvalue weighted by Crippen LogP contribution is 2.35. The first-order valence-electron chi connectivity index (χ1n) is 11.1. The van der Waals surface area contributed by atoms with Crippen LogP contribution < -0.4 is 10.1 Å². The van der Waals surface area contributed by atoms with Gasteiger partial charge in [0.15, 0.2) is 0 Å². The maximum Gasteiger partial charge on any atom is 0.251 e. The van der Waals surface area contributed by atoms with E-state index in [1.807, 2.05) is 18.2 Å². The number of aliphatic hydroxyl groups is 1. The van der Waals surface area contributed by atoms with Crippen LogP contribution in [0.25, 0.3) is 22.1 Å². The first kappa shape index (κ1) is 19.2. The fourth-order valence-electron chi connectivity index (χ4n) is 4.31. The quantitative estimate of drug-likeness (QED) is 0.502. The summed E-state index contributed by atoms with van der Waals surface area (Å²) in [6.45, 7) is 0. The molecular weight excluding hydrogens is 408 g/mol. The van der Waals surface area contributed by atoms with E-state index in [0.29, 0.717) is 11.4 Å². The topological polar surface area (TPSA) is 107 Å². The number of aliphatic hydroxyl groups excluding tert-OH is 1. The molecule has 0 unspecified atom stereocenters. The van der Waals surface area contributed by atoms with Gasteiger partial charge in [-0.05, 0) is 62.8 Å². The van der Waals surface area contributed by atoms with Crippen molar-refractivity contribution in [2.24, 2.45) is 0 Å². The zero-order valence-electron chi connectivity index (χ0n) is 17.5. The van der Waals surface area contributed by atoms with Gasteiger partial charge in [-0.25, -0.2) is 9.50 Å². The van der Waals surface area contributed by atoms with Crippen molar-refractivity contribution in [3.8, 4) is 11.6 Å². The van der Waals surface area contributed by atoms with Crippen LogP contribution >= 0.6 is 0 Å². The molecule has 2 aliphatic carbocycles. The molecule has 2 fully saturated rings. The Hall–Kier alpha value is -3.46. The van der Waals surface area contributed by atoms with Crippen LogP contribution in [0.3, 0.4) is 0 Å². The zero-order valence-corrected chi connectivity index (χ0v) is 17.5. The Morgan fingerprint density at radius 3 is 2.78 bits per heavy atom. The highest BCUT2D eigenvalue weighted by molar-refractivity contribution is 5.99. The van der Waals surface area contributed by atoms with Crippen LogP contribution in [0.15, 0.2) is 43.0 Å². The number of benzene rings is 1. The molecule has 6 rings (SSSR count). The normalized spacial score (nSPS) is 21.2. The summed E-state index contributed by atoms with van der Waals surface area (Å²) >= 11 is 0. The van der Waals surface area contributed by atoms with Gasteiger partial charge in [0, 0.05) is 17.8 Å². The first-order valence-corrected chi connectivity index (χ1v) is 11.1. The monoisotopic (exact) mass is 432 g/mol. The summed E-state index contributed by atoms with van der Waals surface area (Å²) in [5.74, 6) is 0.519. The number of carbonyl (C=O) groups excluding carboxylic acids is 1. The smallest absolute Gasteiger partial charge is 0.251 e. The number of rotatable bonds is 5. The predicted octanol–water partition coefficient (Wildman–Crippen LogP) is 2.64. The Kier molecular flexibility index (Phi) is 4.57. The second kappa shape index (κ2) is 7.59. The molecule has 9 heteroatoms. The number of ether oxygens (including phenoxy) is 1. The molecule has 0 spiro atoms. The van der Waals surface area contributed by atoms with Crippen LogP contribution in [0.5, 0.6) is 5.88 Å². The Bertz CT molecular complexity index is 1300. The maximum atomic E-state index is 12.9. The van der Waals surface area contributed by atoms with E-state index in [2.05, 4.69) is 15.4 Å². The van der Waals surface area contributed by atoms with Crippen LogP contribution in [-0.4, -0.2) is 53.6 Å². The van der Waals surface area contributed by atoms with E-state index < -0.39 is 0 Å². The van der Waals surface area contributed by atoms with Crippen LogP contribution in [0.4, 0.5) is 0 Å². The number of hydrogen-bond acceptors (Lipinski definition) is 6. The van der Waals surface area contributed by atoms with Gasteiger partial charge in [0.1, 0.15) is 18.1 Å². The molecule has 3 heterocycles. The Balaban J connectivity index is 1.37. The van der Waals surface area contributed by atoms with Gasteiger partial charge in [-0.2, -0.15) is 14.9 Å². The van der Waals surface area contributed by atoms with E-state index >= 15 is 0 Å². The number of hydrogen-bond donors (Lipinski definition) is 2. The molecule has 0 saturated heterocycles. The maximum absolute atomic E-state index is 12.9. The molecule has 2 saturated carbocycles. The largest absolute Gasteiger partial charge is 0.474 e. The van der Waals surface area contributed by atoms with Crippen molar-refractivity contribution in [1.29, 1.82) is 0 Å². The van der Waals surface area contributed by atoms with Gasteiger partial charge in [-0.1, -0.05) is 0 Å². The van der Waals surface area contributed by atoms with Crippen molar-refractivity contribution in [2.45, 2.75) is 56.8 Å². The Morgan fingerprint density at radius 2 is 1.97 bits per heavy atom. The second-order valence-corrected chi connectivity index (χ2v) is 8.68. The zero-order chi connectivity index (χ0) is 21.7. The van der Waals surface area contributed by atoms with Gasteiger partial charge in [0.05, 0.1) is 28.7 Å². The third kappa shape index (κ3) is 3.48. The van der Waals surface area contributed by atoms with E-state index in [9.17, 15) is 9.90 Å². The van der Waals surface area contributed by atoms with Gasteiger partial charge in [-0.3, -0.25) is 4.79 Å². The minimum Gasteiger partial charge on any atom is -0.474 e. The number of aromatic nitrogens is 5. The molecule has 1 amide bonds. The molecule has 3 aromatic heterocycles. The van der Waals surface area contributed by atoms with E-state index in [0.717, 1.165) is 60.6 Å². The molecule has 2 N–H and O–H groups in total. The molecule has 0 atom stereocenters. The highest BCUT2D eigenvalue weighted by atomic mass is 16.5. The minimum absolute atomic E-state index is 0.0962. The lowest BCUT2D eigenvalue weighted by Gasteiger charge is -2.26. The number of nitrogens with zero attached hydrogens (tertiary/aromatic N) is 5. The van der Waals surface area contributed by atoms with Crippen molar-refractivity contribution in [3.63, 3.8) is 0 Å². The SMILES string of the molecule is O=C(NC1CCC(O)CC1)c1ccc2nn(-c3cnn4cnccc34)c(OC3CC3)c2c1. The van der Waals surface area contributed by atoms with Crippen molar-refractivity contribution in [3.05, 3.63) is 48.5 Å². The minimum atomic E-state index is -0.247. The number of nitrogens with one attached hydrogen (secondary N) is 1. The standard InChI is InChI=1S/C23H24N6O3/c30-16-4-2-15(3-5-16)26-22(31)14-1-8-19-18(11-14)23(32-17-6-7-17)29(27-19)21-12-25-28-13-24-10-9-20(21)28/h1,8-13,15-17,30H,2-7H2,(H,26,31). The predicted molar refractivity (Wildman–Crippen MR) is 117 cm³/mol. The van der Waals surface area contributed by atoms with Crippen LogP contribution in [-0.2, 0) is 0 Å². The summed E-state index contributed by atoms with van der Waals surface area (Å²) in [5, 5.41) is 22.8. The summed E-state index contributed by atoms with van der Waals surface area (Å²) in [7, 11) is 0. The molecule has 0 bridgehead atoms. The summed E-state index contributed by atoms with van der Waals surface area (Å²) < 4.78 is 9.74. The number of amides is 1. The molecule has 164 valence electrons. The van der Waals surface area contributed by atoms with E-state index in [1.54, 1.807) is 34.0 Å². The van der Waals surface area contributed by atoms with Gasteiger partial charge in [0.2, 0.25) is 5.88 Å². The molecule has 32 heavy (non-hydrogen) atoms. The molecule has 0 aliphatic heterocycles. The fraction of sp³-hybridized carbons (Fsp3) is 0.391. The van der Waals surface area contributed by atoms with Gasteiger partial charge in [0.25, 0.3) is 5.91 Å². The number of carbonyl (C=O) groups is 1. The summed E-state index contributed by atoms with van der Waals surface area (Å²) in [6, 6.07) is 7.50. The van der Waals surface area contributed by atoms with Crippen LogP contribution in [0, 0.1) is 0 Å². The fourth-order valence-corrected chi connectivity index (χ4v) is 4.31. The van der Waals surface area contributed by atoms with Crippen molar-refractivity contribution in [1.82, 2.24) is 29.7 Å². The third-order valence-corrected chi connectivity index (χ3v) is 6.26. The summed E-state index contributed by atoms with van der Waals surface area (Å²) in [4.78, 5) is 17.0. The molecule has 4 aromatic rings. The van der Waals surface area contributed by atoms with Crippen LogP contribution in [0.1, 0.15) is 48.9 Å². The van der Waals surface area contributed by atoms with E-state index in [-0.39, 0.29) is 24.2 Å². The van der Waals surface area contributed by atoms with E-state index in [1.165, 1.54) is 0 Å². The Morgan fingerprint density at radius 1 is 1.12 bits per heavy atom. The summed E-state index contributed by atoms with van der Waals surface area (Å²) in [5.41, 5.74) is 3.00. The molecule has 9 nitrogen and oxygen atoms in total. The van der Waals surface area contributed by atoms with Crippen molar-refractivity contribution >= 4 is 22.3 Å². The lowest BCUT2D eigenvalue weighted by atomic mass is 9.93. The van der Waals surface area contributed by atoms with Gasteiger partial charge >= 0.3 is 0 Å². The van der Waals surface area contributed by atoms with Crippen molar-refractivity contribution < 1.29 is 14.6 Å². The number of fused-ring (bicyclic) bond motifs is 2. The second-order valence-electron chi connectivity index (χ2n) is 8.68. The highest BCUT2D eigenvalue weighted by Gasteiger charge is 2.28. The van der Waals surface area contributed by atoms with Gasteiger partial charge < -0.3 is 15.2 Å². The first-order chi connectivity index (χ1) is 15.7.